The second-order valence-electron chi connectivity index (χ2n) is 6.51. The van der Waals surface area contributed by atoms with E-state index in [0.29, 0.717) is 18.3 Å². The summed E-state index contributed by atoms with van der Waals surface area (Å²) in [4.78, 5) is 25.9. The molecule has 1 amide bonds. The van der Waals surface area contributed by atoms with Crippen LogP contribution in [0.2, 0.25) is 0 Å². The van der Waals surface area contributed by atoms with Gasteiger partial charge in [-0.15, -0.1) is 0 Å². The first-order valence-corrected chi connectivity index (χ1v) is 7.72. The van der Waals surface area contributed by atoms with Gasteiger partial charge in [0.2, 0.25) is 5.91 Å². The van der Waals surface area contributed by atoms with Gasteiger partial charge in [-0.05, 0) is 43.9 Å². The van der Waals surface area contributed by atoms with Gasteiger partial charge in [0.05, 0.1) is 0 Å². The zero-order valence-electron chi connectivity index (χ0n) is 12.0. The van der Waals surface area contributed by atoms with E-state index in [-0.39, 0.29) is 17.9 Å². The van der Waals surface area contributed by atoms with Crippen molar-refractivity contribution in [3.05, 3.63) is 0 Å². The zero-order chi connectivity index (χ0) is 14.3. The van der Waals surface area contributed by atoms with Gasteiger partial charge in [0.15, 0.2) is 0 Å². The van der Waals surface area contributed by atoms with E-state index < -0.39 is 12.0 Å². The van der Waals surface area contributed by atoms with Crippen LogP contribution in [0.4, 0.5) is 0 Å². The summed E-state index contributed by atoms with van der Waals surface area (Å²) < 4.78 is 5.37. The quantitative estimate of drug-likeness (QED) is 0.833. The lowest BCUT2D eigenvalue weighted by Gasteiger charge is -2.41. The van der Waals surface area contributed by atoms with E-state index in [4.69, 9.17) is 4.74 Å². The molecule has 3 aliphatic rings. The summed E-state index contributed by atoms with van der Waals surface area (Å²) in [6.07, 6.45) is 4.34. The summed E-state index contributed by atoms with van der Waals surface area (Å²) in [7, 11) is 0. The Morgan fingerprint density at radius 3 is 2.60 bits per heavy atom. The van der Waals surface area contributed by atoms with Crippen molar-refractivity contribution < 1.29 is 19.4 Å². The Hall–Kier alpha value is -1.10. The van der Waals surface area contributed by atoms with Crippen LogP contribution in [-0.4, -0.2) is 47.2 Å². The number of carbonyl (C=O) groups is 2. The predicted octanol–water partition coefficient (Wildman–Crippen LogP) is 1.51. The third kappa shape index (κ3) is 2.22. The molecule has 1 N–H and O–H groups in total. The van der Waals surface area contributed by atoms with E-state index in [1.165, 1.54) is 0 Å². The Balaban J connectivity index is 1.78. The number of amides is 1. The maximum Gasteiger partial charge on any atom is 0.326 e. The number of nitrogens with zero attached hydrogens (tertiary/aromatic N) is 1. The highest BCUT2D eigenvalue weighted by Crippen LogP contribution is 2.42. The molecule has 0 unspecified atom stereocenters. The fourth-order valence-corrected chi connectivity index (χ4v) is 4.31. The predicted molar refractivity (Wildman–Crippen MR) is 72.1 cm³/mol. The summed E-state index contributed by atoms with van der Waals surface area (Å²) in [6, 6.07) is -0.468. The Labute approximate surface area is 119 Å². The molecule has 0 spiro atoms. The summed E-state index contributed by atoms with van der Waals surface area (Å²) in [5, 5.41) is 9.37. The highest BCUT2D eigenvalue weighted by molar-refractivity contribution is 5.87. The van der Waals surface area contributed by atoms with Crippen molar-refractivity contribution >= 4 is 11.9 Å². The second kappa shape index (κ2) is 5.35. The van der Waals surface area contributed by atoms with Gasteiger partial charge < -0.3 is 14.7 Å². The first-order chi connectivity index (χ1) is 9.59. The van der Waals surface area contributed by atoms with Gasteiger partial charge in [-0.1, -0.05) is 6.92 Å². The standard InChI is InChI=1S/C15H23NO4/c1-9-8-13(15(18)19)16-12(9)3-2-11(14(16)17)10-4-6-20-7-5-10/h9-13H,2-8H2,1H3,(H,18,19)/t9-,11-,12-,13+/m1/s1. The smallest absolute Gasteiger partial charge is 0.326 e. The molecule has 5 heteroatoms. The minimum Gasteiger partial charge on any atom is -0.480 e. The molecule has 0 saturated carbocycles. The minimum absolute atomic E-state index is 0.0160. The molecule has 0 aromatic rings. The number of ether oxygens (including phenoxy) is 1. The molecule has 0 aromatic heterocycles. The summed E-state index contributed by atoms with van der Waals surface area (Å²) >= 11 is 0. The molecule has 3 aliphatic heterocycles. The van der Waals surface area contributed by atoms with Crippen LogP contribution in [-0.2, 0) is 14.3 Å². The fourth-order valence-electron chi connectivity index (χ4n) is 4.31. The number of carbonyl (C=O) groups excluding carboxylic acids is 1. The molecular weight excluding hydrogens is 258 g/mol. The minimum atomic E-state index is -0.847. The Kier molecular flexibility index (Phi) is 3.71. The molecule has 112 valence electrons. The molecule has 0 radical (unpaired) electrons. The maximum atomic E-state index is 12.8. The van der Waals surface area contributed by atoms with Crippen molar-refractivity contribution in [2.45, 2.75) is 51.1 Å². The van der Waals surface area contributed by atoms with Gasteiger partial charge in [-0.3, -0.25) is 4.79 Å². The third-order valence-corrected chi connectivity index (χ3v) is 5.41. The van der Waals surface area contributed by atoms with Gasteiger partial charge in [0.1, 0.15) is 6.04 Å². The average Bonchev–Trinajstić information content (AvgIpc) is 2.79. The van der Waals surface area contributed by atoms with E-state index in [2.05, 4.69) is 6.92 Å². The Morgan fingerprint density at radius 1 is 1.25 bits per heavy atom. The summed E-state index contributed by atoms with van der Waals surface area (Å²) in [6.45, 7) is 3.54. The lowest BCUT2D eigenvalue weighted by Crippen LogP contribution is -2.53. The number of hydrogen-bond donors (Lipinski definition) is 1. The molecule has 0 aromatic carbocycles. The highest BCUT2D eigenvalue weighted by Gasteiger charge is 2.50. The number of aliphatic carboxylic acids is 1. The number of piperidine rings is 1. The van der Waals surface area contributed by atoms with Gasteiger partial charge in [-0.25, -0.2) is 4.79 Å². The normalized spacial score (nSPS) is 38.9. The maximum absolute atomic E-state index is 12.8. The van der Waals surface area contributed by atoms with E-state index >= 15 is 0 Å². The number of carboxylic acids is 1. The van der Waals surface area contributed by atoms with Crippen molar-refractivity contribution in [1.82, 2.24) is 4.90 Å². The topological polar surface area (TPSA) is 66.8 Å². The number of carboxylic acid groups (broad SMARTS) is 1. The SMILES string of the molecule is C[C@@H]1C[C@@H](C(=O)O)N2C(=O)[C@@H](C3CCOCC3)CC[C@H]12. The van der Waals surface area contributed by atoms with Crippen molar-refractivity contribution in [1.29, 1.82) is 0 Å². The fraction of sp³-hybridized carbons (Fsp3) is 0.867. The average molecular weight is 281 g/mol. The van der Waals surface area contributed by atoms with Crippen LogP contribution in [0.5, 0.6) is 0 Å². The van der Waals surface area contributed by atoms with Crippen molar-refractivity contribution in [3.8, 4) is 0 Å². The number of rotatable bonds is 2. The van der Waals surface area contributed by atoms with Crippen LogP contribution in [0.15, 0.2) is 0 Å². The van der Waals surface area contributed by atoms with Gasteiger partial charge in [0, 0.05) is 25.2 Å². The molecular formula is C15H23NO4. The molecule has 20 heavy (non-hydrogen) atoms. The highest BCUT2D eigenvalue weighted by atomic mass is 16.5. The monoisotopic (exact) mass is 281 g/mol. The molecule has 4 atom stereocenters. The van der Waals surface area contributed by atoms with Crippen LogP contribution in [0.1, 0.15) is 39.0 Å². The van der Waals surface area contributed by atoms with Crippen molar-refractivity contribution in [2.75, 3.05) is 13.2 Å². The van der Waals surface area contributed by atoms with Crippen LogP contribution in [0, 0.1) is 17.8 Å². The molecule has 0 aliphatic carbocycles. The Morgan fingerprint density at radius 2 is 1.95 bits per heavy atom. The summed E-state index contributed by atoms with van der Waals surface area (Å²) in [5.41, 5.74) is 0. The Bertz CT molecular complexity index is 405. The molecule has 3 fully saturated rings. The second-order valence-corrected chi connectivity index (χ2v) is 6.51. The molecule has 5 nitrogen and oxygen atoms in total. The molecule has 3 saturated heterocycles. The van der Waals surface area contributed by atoms with Gasteiger partial charge in [-0.2, -0.15) is 0 Å². The lowest BCUT2D eigenvalue weighted by atomic mass is 9.78. The van der Waals surface area contributed by atoms with E-state index in [9.17, 15) is 14.7 Å². The van der Waals surface area contributed by atoms with Gasteiger partial charge >= 0.3 is 5.97 Å². The van der Waals surface area contributed by atoms with Crippen LogP contribution < -0.4 is 0 Å². The first-order valence-electron chi connectivity index (χ1n) is 7.72. The number of fused-ring (bicyclic) bond motifs is 1. The van der Waals surface area contributed by atoms with E-state index in [1.807, 2.05) is 0 Å². The lowest BCUT2D eigenvalue weighted by molar-refractivity contribution is -0.156. The zero-order valence-corrected chi connectivity index (χ0v) is 12.0. The van der Waals surface area contributed by atoms with Crippen LogP contribution in [0.25, 0.3) is 0 Å². The van der Waals surface area contributed by atoms with Crippen molar-refractivity contribution in [3.63, 3.8) is 0 Å². The van der Waals surface area contributed by atoms with E-state index in [1.54, 1.807) is 4.90 Å². The van der Waals surface area contributed by atoms with E-state index in [0.717, 1.165) is 38.9 Å². The van der Waals surface area contributed by atoms with Crippen LogP contribution in [0.3, 0.4) is 0 Å². The third-order valence-electron chi connectivity index (χ3n) is 5.41. The summed E-state index contributed by atoms with van der Waals surface area (Å²) in [5.74, 6) is -0.0641. The first kappa shape index (κ1) is 13.9. The van der Waals surface area contributed by atoms with Gasteiger partial charge in [0.25, 0.3) is 0 Å². The van der Waals surface area contributed by atoms with Crippen LogP contribution >= 0.6 is 0 Å². The number of hydrogen-bond acceptors (Lipinski definition) is 3. The molecule has 3 rings (SSSR count). The molecule has 0 bridgehead atoms. The largest absolute Gasteiger partial charge is 0.480 e. The molecule has 3 heterocycles. The van der Waals surface area contributed by atoms with Crippen molar-refractivity contribution in [2.24, 2.45) is 17.8 Å².